The molecule has 5 heteroatoms. The van der Waals surface area contributed by atoms with E-state index in [1.54, 1.807) is 0 Å². The van der Waals surface area contributed by atoms with E-state index >= 15 is 0 Å². The molecule has 4 nitrogen and oxygen atoms in total. The number of hydrogen-bond acceptors (Lipinski definition) is 4. The maximum atomic E-state index is 5.95. The van der Waals surface area contributed by atoms with Crippen molar-refractivity contribution in [1.82, 2.24) is 0 Å². The van der Waals surface area contributed by atoms with E-state index in [2.05, 4.69) is 19.1 Å². The summed E-state index contributed by atoms with van der Waals surface area (Å²) in [5.74, 6) is 0. The van der Waals surface area contributed by atoms with Crippen LogP contribution in [0.2, 0.25) is 0 Å². The number of hydrogen-bond donors (Lipinski definition) is 0. The summed E-state index contributed by atoms with van der Waals surface area (Å²) in [6.45, 7) is 10.5. The van der Waals surface area contributed by atoms with Crippen molar-refractivity contribution in [3.8, 4) is 0 Å². The fraction of sp³-hybridized carbons (Fsp3) is 0.926. The lowest BCUT2D eigenvalue weighted by Gasteiger charge is -2.26. The first-order valence-electron chi connectivity index (χ1n) is 13.9. The Bertz CT molecular complexity index is 373. The summed E-state index contributed by atoms with van der Waals surface area (Å²) < 4.78 is 23.1. The highest BCUT2D eigenvalue weighted by Gasteiger charge is 2.44. The predicted molar refractivity (Wildman–Crippen MR) is 140 cm³/mol. The van der Waals surface area contributed by atoms with Gasteiger partial charge in [0, 0.05) is 26.4 Å². The van der Waals surface area contributed by atoms with Gasteiger partial charge in [-0.25, -0.2) is 0 Å². The van der Waals surface area contributed by atoms with Crippen molar-refractivity contribution in [3.63, 3.8) is 0 Å². The molecule has 0 spiro atoms. The summed E-state index contributed by atoms with van der Waals surface area (Å²) in [6.07, 6.45) is 27.5. The molecule has 0 aliphatic carbocycles. The zero-order valence-corrected chi connectivity index (χ0v) is 23.1. The van der Waals surface area contributed by atoms with E-state index in [-0.39, 0.29) is 0 Å². The van der Waals surface area contributed by atoms with Gasteiger partial charge >= 0.3 is 9.05 Å². The van der Waals surface area contributed by atoms with Crippen LogP contribution in [0, 0.1) is 0 Å². The quantitative estimate of drug-likeness (QED) is 0.0716. The Morgan fingerprint density at radius 3 is 1.22 bits per heavy atom. The van der Waals surface area contributed by atoms with Crippen molar-refractivity contribution < 1.29 is 17.7 Å². The molecule has 0 N–H and O–H groups in total. The van der Waals surface area contributed by atoms with Crippen molar-refractivity contribution in [2.75, 3.05) is 26.4 Å². The highest BCUT2D eigenvalue weighted by molar-refractivity contribution is 6.53. The normalized spacial score (nSPS) is 12.2. The summed E-state index contributed by atoms with van der Waals surface area (Å²) in [6, 6.07) is 0. The molecule has 0 radical (unpaired) electrons. The molecular formula is C27H56O4Si. The Morgan fingerprint density at radius 2 is 0.812 bits per heavy atom. The van der Waals surface area contributed by atoms with Gasteiger partial charge in [-0.3, -0.25) is 0 Å². The van der Waals surface area contributed by atoms with E-state index in [4.69, 9.17) is 17.7 Å². The molecule has 0 saturated carbocycles. The van der Waals surface area contributed by atoms with Gasteiger partial charge < -0.3 is 17.7 Å². The van der Waals surface area contributed by atoms with E-state index in [9.17, 15) is 0 Å². The van der Waals surface area contributed by atoms with Crippen molar-refractivity contribution in [1.29, 1.82) is 0 Å². The minimum Gasteiger partial charge on any atom is -0.351 e. The van der Waals surface area contributed by atoms with Gasteiger partial charge in [0.1, 0.15) is 0 Å². The first-order chi connectivity index (χ1) is 15.7. The highest BCUT2D eigenvalue weighted by atomic mass is 28.4. The zero-order chi connectivity index (χ0) is 23.6. The van der Waals surface area contributed by atoms with E-state index in [0.29, 0.717) is 26.4 Å². The van der Waals surface area contributed by atoms with Gasteiger partial charge in [0.05, 0.1) is 0 Å². The monoisotopic (exact) mass is 472 g/mol. The lowest BCUT2D eigenvalue weighted by Crippen LogP contribution is -2.49. The van der Waals surface area contributed by atoms with E-state index in [0.717, 1.165) is 6.42 Å². The molecule has 0 amide bonds. The van der Waals surface area contributed by atoms with Crippen molar-refractivity contribution in [2.45, 2.75) is 137 Å². The average Bonchev–Trinajstić information content (AvgIpc) is 2.78. The van der Waals surface area contributed by atoms with E-state index < -0.39 is 9.05 Å². The smallest absolute Gasteiger partial charge is 0.351 e. The second-order valence-electron chi connectivity index (χ2n) is 8.65. The van der Waals surface area contributed by atoms with Crippen LogP contribution in [0.5, 0.6) is 0 Å². The van der Waals surface area contributed by atoms with Crippen LogP contribution in [0.15, 0.2) is 12.2 Å². The Balaban J connectivity index is 3.44. The lowest BCUT2D eigenvalue weighted by atomic mass is 10.1. The Labute approximate surface area is 202 Å². The molecule has 0 fully saturated rings. The molecular weight excluding hydrogens is 416 g/mol. The predicted octanol–water partition coefficient (Wildman–Crippen LogP) is 8.76. The fourth-order valence-corrected chi connectivity index (χ4v) is 5.81. The molecule has 0 unspecified atom stereocenters. The topological polar surface area (TPSA) is 36.9 Å². The first kappa shape index (κ1) is 31.8. The minimum atomic E-state index is -2.91. The van der Waals surface area contributed by atoms with Crippen LogP contribution in [0.3, 0.4) is 0 Å². The van der Waals surface area contributed by atoms with Crippen LogP contribution in [0.1, 0.15) is 137 Å². The van der Waals surface area contributed by atoms with Crippen molar-refractivity contribution in [2.24, 2.45) is 0 Å². The third kappa shape index (κ3) is 20.4. The molecule has 0 aromatic rings. The molecule has 0 aromatic carbocycles. The van der Waals surface area contributed by atoms with Gasteiger partial charge in [0.15, 0.2) is 0 Å². The maximum Gasteiger partial charge on any atom is 0.679 e. The van der Waals surface area contributed by atoms with Crippen LogP contribution in [0.4, 0.5) is 0 Å². The van der Waals surface area contributed by atoms with Crippen LogP contribution in [-0.4, -0.2) is 35.5 Å². The first-order valence-corrected chi connectivity index (χ1v) is 15.6. The number of unbranched alkanes of at least 4 members (excludes halogenated alkanes) is 15. The molecule has 0 aliphatic heterocycles. The van der Waals surface area contributed by atoms with E-state index in [1.165, 1.54) is 103 Å². The molecule has 0 atom stereocenters. The van der Waals surface area contributed by atoms with Gasteiger partial charge in [0.25, 0.3) is 0 Å². The minimum absolute atomic E-state index is 0.557. The van der Waals surface area contributed by atoms with Gasteiger partial charge in [-0.15, -0.1) is 0 Å². The number of allylic oxidation sites excluding steroid dienone is 2. The standard InChI is InChI=1S/C27H56O4Si/c1-5-9-10-11-12-13-14-15-16-17-18-19-20-21-22-23-24-25-26-27-31-32(28-6-2,29-7-3)30-8-4/h15-16H,5-14,17-27H2,1-4H3/b16-15-. The summed E-state index contributed by atoms with van der Waals surface area (Å²) in [7, 11) is -2.91. The Morgan fingerprint density at radius 1 is 0.438 bits per heavy atom. The second kappa shape index (κ2) is 25.4. The second-order valence-corrected chi connectivity index (χ2v) is 10.8. The molecule has 0 bridgehead atoms. The molecule has 0 heterocycles. The summed E-state index contributed by atoms with van der Waals surface area (Å²) in [4.78, 5) is 0. The van der Waals surface area contributed by atoms with Crippen LogP contribution >= 0.6 is 0 Å². The summed E-state index contributed by atoms with van der Waals surface area (Å²) in [5, 5.41) is 0. The molecule has 0 rings (SSSR count). The Hall–Kier alpha value is -0.203. The highest BCUT2D eigenvalue weighted by Crippen LogP contribution is 2.15. The van der Waals surface area contributed by atoms with Gasteiger partial charge in [0.2, 0.25) is 0 Å². The lowest BCUT2D eigenvalue weighted by molar-refractivity contribution is -0.0280. The third-order valence-electron chi connectivity index (χ3n) is 5.65. The summed E-state index contributed by atoms with van der Waals surface area (Å²) >= 11 is 0. The van der Waals surface area contributed by atoms with E-state index in [1.807, 2.05) is 20.8 Å². The van der Waals surface area contributed by atoms with Gasteiger partial charge in [-0.2, -0.15) is 0 Å². The van der Waals surface area contributed by atoms with Gasteiger partial charge in [-0.05, 0) is 52.9 Å². The molecule has 0 saturated heterocycles. The van der Waals surface area contributed by atoms with Crippen molar-refractivity contribution in [3.05, 3.63) is 12.2 Å². The van der Waals surface area contributed by atoms with Crippen molar-refractivity contribution >= 4 is 9.05 Å². The summed E-state index contributed by atoms with van der Waals surface area (Å²) in [5.41, 5.74) is 0. The molecule has 0 aliphatic rings. The third-order valence-corrected chi connectivity index (χ3v) is 8.13. The fourth-order valence-electron chi connectivity index (χ4n) is 3.86. The zero-order valence-electron chi connectivity index (χ0n) is 22.1. The Kier molecular flexibility index (Phi) is 25.3. The van der Waals surface area contributed by atoms with Crippen LogP contribution in [0.25, 0.3) is 0 Å². The average molecular weight is 473 g/mol. The molecule has 192 valence electrons. The maximum absolute atomic E-state index is 5.95. The largest absolute Gasteiger partial charge is 0.679 e. The molecule has 0 aromatic heterocycles. The van der Waals surface area contributed by atoms with Crippen LogP contribution in [-0.2, 0) is 17.7 Å². The van der Waals surface area contributed by atoms with Crippen LogP contribution < -0.4 is 0 Å². The SMILES string of the molecule is CCCCCCCC/C=C\CCCCCCCCCCCO[Si](OCC)(OCC)OCC. The van der Waals surface area contributed by atoms with Gasteiger partial charge in [-0.1, -0.05) is 96.1 Å². The molecule has 32 heavy (non-hydrogen) atoms. The number of rotatable bonds is 26.